The van der Waals surface area contributed by atoms with Crippen LogP contribution in [0.4, 0.5) is 0 Å². The maximum Gasteiger partial charge on any atom is 0.466 e. The fourth-order valence-electron chi connectivity index (χ4n) is 1.92. The molecule has 1 rings (SSSR count). The molecule has 1 fully saturated rings. The minimum atomic E-state index is -4.85. The molecule has 0 aliphatic carbocycles. The van der Waals surface area contributed by atoms with Crippen molar-refractivity contribution in [3.8, 4) is 0 Å². The minimum Gasteiger partial charge on any atom is -0.394 e. The summed E-state index contributed by atoms with van der Waals surface area (Å²) in [6.45, 7) is -0.624. The lowest BCUT2D eigenvalue weighted by Gasteiger charge is -2.39. The van der Waals surface area contributed by atoms with Crippen LogP contribution in [0.3, 0.4) is 0 Å². The number of rotatable bonds is 8. The van der Waals surface area contributed by atoms with Gasteiger partial charge in [0.2, 0.25) is 0 Å². The second-order valence-corrected chi connectivity index (χ2v) is 8.66. The molecule has 152 valence electrons. The van der Waals surface area contributed by atoms with Crippen LogP contribution in [-0.4, -0.2) is 85.4 Å². The average molecular weight is 435 g/mol. The molecule has 26 heavy (non-hydrogen) atoms. The number of oxime groups is 1. The normalized spacial score (nSPS) is 31.9. The minimum absolute atomic E-state index is 0.0292. The third-order valence-electron chi connectivity index (χ3n) is 3.15. The van der Waals surface area contributed by atoms with Gasteiger partial charge in [0.15, 0.2) is 0 Å². The van der Waals surface area contributed by atoms with Crippen molar-refractivity contribution >= 4 is 38.0 Å². The van der Waals surface area contributed by atoms with E-state index in [-0.39, 0.29) is 17.9 Å². The van der Waals surface area contributed by atoms with Crippen molar-refractivity contribution in [2.24, 2.45) is 5.16 Å². The summed E-state index contributed by atoms with van der Waals surface area (Å²) >= 11 is 0.683. The van der Waals surface area contributed by atoms with Gasteiger partial charge in [0.05, 0.1) is 6.61 Å². The molecule has 0 aromatic rings. The van der Waals surface area contributed by atoms with E-state index in [0.717, 1.165) is 0 Å². The van der Waals surface area contributed by atoms with Crippen LogP contribution in [0.5, 0.6) is 0 Å². The molecule has 11 nitrogen and oxygen atoms in total. The van der Waals surface area contributed by atoms with Crippen molar-refractivity contribution in [2.75, 3.05) is 12.9 Å². The van der Waals surface area contributed by atoms with Gasteiger partial charge in [-0.25, -0.2) is 4.28 Å². The van der Waals surface area contributed by atoms with Crippen molar-refractivity contribution in [2.45, 2.75) is 42.7 Å². The SMILES string of the molecule is C[S@](=O)/C=C/CC/C(=N\OS(=O)(=O)O)S[C@@H]1O[C@H](CO)[C@@H](O)[C@H](O)[C@H]1O. The monoisotopic (exact) mass is 435 g/mol. The Morgan fingerprint density at radius 2 is 1.96 bits per heavy atom. The maximum absolute atomic E-state index is 11.0. The standard InChI is InChI=1S/C12H21NO10S3/c1-25(18)5-3-2-4-8(13-23-26(19,20)21)24-12-11(17)10(16)9(15)7(6-14)22-12/h3,5,7,9-12,14-17H,2,4,6H2,1H3,(H,19,20,21)/b5-3+,13-8+/t7-,9-,10+,11-,12+,25+/m1/s1. The van der Waals surface area contributed by atoms with Crippen LogP contribution in [-0.2, 0) is 30.2 Å². The summed E-state index contributed by atoms with van der Waals surface area (Å²) in [5.41, 5.74) is -1.20. The van der Waals surface area contributed by atoms with E-state index in [1.54, 1.807) is 6.08 Å². The van der Waals surface area contributed by atoms with E-state index in [4.69, 9.17) is 14.4 Å². The van der Waals surface area contributed by atoms with E-state index >= 15 is 0 Å². The molecule has 6 atom stereocenters. The Bertz CT molecular complexity index is 635. The van der Waals surface area contributed by atoms with Gasteiger partial charge in [0, 0.05) is 23.5 Å². The second-order valence-electron chi connectivity index (χ2n) is 5.21. The van der Waals surface area contributed by atoms with Crippen LogP contribution < -0.4 is 0 Å². The van der Waals surface area contributed by atoms with Gasteiger partial charge in [-0.2, -0.15) is 8.42 Å². The molecule has 0 unspecified atom stereocenters. The van der Waals surface area contributed by atoms with Crippen LogP contribution in [0.25, 0.3) is 0 Å². The highest BCUT2D eigenvalue weighted by atomic mass is 32.3. The number of allylic oxidation sites excluding steroid dienone is 1. The summed E-state index contributed by atoms with van der Waals surface area (Å²) in [7, 11) is -6.03. The Morgan fingerprint density at radius 3 is 2.50 bits per heavy atom. The molecule has 1 aliphatic heterocycles. The number of nitrogens with zero attached hydrogens (tertiary/aromatic N) is 1. The third kappa shape index (κ3) is 7.98. The number of hydrogen-bond donors (Lipinski definition) is 5. The first kappa shape index (κ1) is 23.5. The summed E-state index contributed by atoms with van der Waals surface area (Å²) in [6, 6.07) is 0. The largest absolute Gasteiger partial charge is 0.466 e. The lowest BCUT2D eigenvalue weighted by molar-refractivity contribution is -0.205. The van der Waals surface area contributed by atoms with Gasteiger partial charge in [-0.15, -0.1) is 0 Å². The predicted octanol–water partition coefficient (Wildman–Crippen LogP) is -1.68. The van der Waals surface area contributed by atoms with Crippen molar-refractivity contribution in [1.29, 1.82) is 0 Å². The molecule has 0 spiro atoms. The smallest absolute Gasteiger partial charge is 0.394 e. The van der Waals surface area contributed by atoms with Crippen LogP contribution in [0.1, 0.15) is 12.8 Å². The van der Waals surface area contributed by atoms with Gasteiger partial charge in [0.1, 0.15) is 34.9 Å². The van der Waals surface area contributed by atoms with Crippen LogP contribution >= 0.6 is 11.8 Å². The summed E-state index contributed by atoms with van der Waals surface area (Å²) in [4.78, 5) is 0. The van der Waals surface area contributed by atoms with E-state index in [1.807, 2.05) is 0 Å². The first-order chi connectivity index (χ1) is 12.0. The van der Waals surface area contributed by atoms with Crippen LogP contribution in [0.15, 0.2) is 16.6 Å². The summed E-state index contributed by atoms with van der Waals surface area (Å²) in [5, 5.41) is 43.3. The Kier molecular flexibility index (Phi) is 9.63. The number of thioether (sulfide) groups is 1. The van der Waals surface area contributed by atoms with Crippen LogP contribution in [0, 0.1) is 0 Å². The molecule has 0 bridgehead atoms. The van der Waals surface area contributed by atoms with Gasteiger partial charge in [0.25, 0.3) is 0 Å². The Morgan fingerprint density at radius 1 is 1.31 bits per heavy atom. The Balaban J connectivity index is 2.87. The fraction of sp³-hybridized carbons (Fsp3) is 0.750. The Labute approximate surface area is 157 Å². The topological polar surface area (TPSA) is 183 Å². The zero-order valence-corrected chi connectivity index (χ0v) is 16.1. The molecular weight excluding hydrogens is 414 g/mol. The van der Waals surface area contributed by atoms with Crippen molar-refractivity contribution in [3.63, 3.8) is 0 Å². The van der Waals surface area contributed by atoms with Gasteiger partial charge in [-0.1, -0.05) is 23.0 Å². The van der Waals surface area contributed by atoms with E-state index in [2.05, 4.69) is 9.44 Å². The molecule has 0 amide bonds. The molecule has 5 N–H and O–H groups in total. The van der Waals surface area contributed by atoms with Crippen molar-refractivity contribution in [3.05, 3.63) is 11.5 Å². The van der Waals surface area contributed by atoms with Gasteiger partial charge in [-0.3, -0.25) is 8.76 Å². The molecule has 1 heterocycles. The molecule has 14 heteroatoms. The number of aliphatic hydroxyl groups is 4. The molecule has 1 saturated heterocycles. The van der Waals surface area contributed by atoms with Gasteiger partial charge in [-0.05, 0) is 11.8 Å². The maximum atomic E-state index is 11.0. The molecular formula is C12H21NO10S3. The molecule has 0 aromatic carbocycles. The van der Waals surface area contributed by atoms with Crippen molar-refractivity contribution in [1.82, 2.24) is 0 Å². The molecule has 0 saturated carbocycles. The molecule has 0 aromatic heterocycles. The van der Waals surface area contributed by atoms with E-state index < -0.39 is 57.7 Å². The van der Waals surface area contributed by atoms with E-state index in [0.29, 0.717) is 11.8 Å². The second kappa shape index (κ2) is 10.7. The van der Waals surface area contributed by atoms with Gasteiger partial charge < -0.3 is 25.2 Å². The quantitative estimate of drug-likeness (QED) is 0.127. The van der Waals surface area contributed by atoms with Crippen molar-refractivity contribution < 1.29 is 46.6 Å². The lowest BCUT2D eigenvalue weighted by Crippen LogP contribution is -2.57. The van der Waals surface area contributed by atoms with Crippen LogP contribution in [0.2, 0.25) is 0 Å². The predicted molar refractivity (Wildman–Crippen MR) is 93.9 cm³/mol. The average Bonchev–Trinajstić information content (AvgIpc) is 2.55. The highest BCUT2D eigenvalue weighted by Gasteiger charge is 2.44. The molecule has 0 radical (unpaired) electrons. The fourth-order valence-corrected chi connectivity index (χ4v) is 3.65. The highest BCUT2D eigenvalue weighted by Crippen LogP contribution is 2.30. The first-order valence-corrected chi connectivity index (χ1v) is 11.1. The highest BCUT2D eigenvalue weighted by molar-refractivity contribution is 8.14. The first-order valence-electron chi connectivity index (χ1n) is 7.24. The number of aliphatic hydroxyl groups excluding tert-OH is 4. The zero-order chi connectivity index (χ0) is 19.9. The van der Waals surface area contributed by atoms with Gasteiger partial charge >= 0.3 is 10.4 Å². The summed E-state index contributed by atoms with van der Waals surface area (Å²) in [5.74, 6) is 0. The molecule has 1 aliphatic rings. The Hall–Kier alpha value is -0.580. The third-order valence-corrected chi connectivity index (χ3v) is 5.16. The number of ether oxygens (including phenoxy) is 1. The van der Waals surface area contributed by atoms with E-state index in [9.17, 15) is 27.9 Å². The zero-order valence-electron chi connectivity index (χ0n) is 13.6. The summed E-state index contributed by atoms with van der Waals surface area (Å²) < 4.78 is 50.2. The number of hydrogen-bond acceptors (Lipinski definition) is 11. The summed E-state index contributed by atoms with van der Waals surface area (Å²) in [6.07, 6.45) is -2.50. The van der Waals surface area contributed by atoms with E-state index in [1.165, 1.54) is 11.7 Å². The lowest BCUT2D eigenvalue weighted by atomic mass is 10.0.